The number of rotatable bonds is 8. The molecule has 0 atom stereocenters. The third-order valence-corrected chi connectivity index (χ3v) is 4.12. The molecule has 1 aromatic carbocycles. The zero-order valence-electron chi connectivity index (χ0n) is 11.7. The van der Waals surface area contributed by atoms with E-state index in [1.54, 1.807) is 0 Å². The van der Waals surface area contributed by atoms with Gasteiger partial charge in [0, 0.05) is 6.07 Å². The van der Waals surface area contributed by atoms with E-state index in [-0.39, 0.29) is 5.75 Å². The lowest BCUT2D eigenvalue weighted by molar-refractivity contribution is 0.429. The highest BCUT2D eigenvalue weighted by Gasteiger charge is 2.18. The lowest BCUT2D eigenvalue weighted by Crippen LogP contribution is -1.99. The first kappa shape index (κ1) is 16.8. The van der Waals surface area contributed by atoms with Gasteiger partial charge in [0.05, 0.1) is 0 Å². The van der Waals surface area contributed by atoms with Crippen LogP contribution in [-0.4, -0.2) is 23.2 Å². The van der Waals surface area contributed by atoms with Crippen LogP contribution in [-0.2, 0) is 16.5 Å². The number of phenolic OH excluding ortho intramolecular Hbond substituents is 2. The number of benzene rings is 1. The Morgan fingerprint density at radius 3 is 2.15 bits per heavy atom. The molecule has 0 fully saturated rings. The van der Waals surface area contributed by atoms with Crippen molar-refractivity contribution in [3.05, 3.63) is 17.7 Å². The van der Waals surface area contributed by atoms with Gasteiger partial charge in [0.1, 0.15) is 16.4 Å². The Morgan fingerprint density at radius 1 is 0.950 bits per heavy atom. The van der Waals surface area contributed by atoms with Gasteiger partial charge in [-0.05, 0) is 24.5 Å². The molecule has 0 bridgehead atoms. The van der Waals surface area contributed by atoms with E-state index < -0.39 is 20.8 Å². The fourth-order valence-electron chi connectivity index (χ4n) is 2.10. The number of aromatic hydroxyl groups is 2. The SMILES string of the molecule is CCCCCCCCc1cc(O)c(S(=O)(=O)O)cc1O. The first-order chi connectivity index (χ1) is 9.36. The maximum atomic E-state index is 11.0. The van der Waals surface area contributed by atoms with E-state index in [0.29, 0.717) is 12.0 Å². The summed E-state index contributed by atoms with van der Waals surface area (Å²) in [7, 11) is -4.52. The summed E-state index contributed by atoms with van der Waals surface area (Å²) in [4.78, 5) is -0.665. The smallest absolute Gasteiger partial charge is 0.298 e. The predicted molar refractivity (Wildman–Crippen MR) is 76.7 cm³/mol. The van der Waals surface area contributed by atoms with Crippen molar-refractivity contribution in [2.75, 3.05) is 0 Å². The average molecular weight is 302 g/mol. The molecule has 20 heavy (non-hydrogen) atoms. The van der Waals surface area contributed by atoms with Crippen molar-refractivity contribution >= 4 is 10.1 Å². The highest BCUT2D eigenvalue weighted by Crippen LogP contribution is 2.31. The maximum Gasteiger partial charge on any atom is 0.298 e. The summed E-state index contributed by atoms with van der Waals surface area (Å²) in [6.07, 6.45) is 7.18. The zero-order chi connectivity index (χ0) is 15.2. The molecule has 0 aliphatic heterocycles. The van der Waals surface area contributed by atoms with Gasteiger partial charge in [0.25, 0.3) is 10.1 Å². The summed E-state index contributed by atoms with van der Waals surface area (Å²) in [5.74, 6) is -0.754. The molecule has 5 nitrogen and oxygen atoms in total. The molecular formula is C14H22O5S. The molecule has 0 spiro atoms. The number of unbranched alkanes of at least 4 members (excludes halogenated alkanes) is 5. The van der Waals surface area contributed by atoms with Crippen molar-refractivity contribution < 1.29 is 23.2 Å². The fourth-order valence-corrected chi connectivity index (χ4v) is 2.69. The molecule has 114 valence electrons. The minimum atomic E-state index is -4.52. The Balaban J connectivity index is 2.62. The van der Waals surface area contributed by atoms with E-state index in [1.165, 1.54) is 25.3 Å². The van der Waals surface area contributed by atoms with Gasteiger partial charge in [-0.2, -0.15) is 8.42 Å². The third-order valence-electron chi connectivity index (χ3n) is 3.24. The summed E-state index contributed by atoms with van der Waals surface area (Å²) in [5.41, 5.74) is 0.491. The monoisotopic (exact) mass is 302 g/mol. The van der Waals surface area contributed by atoms with Crippen LogP contribution in [0.5, 0.6) is 11.5 Å². The standard InChI is InChI=1S/C14H22O5S/c1-2-3-4-5-6-7-8-11-9-13(16)14(10-12(11)15)20(17,18)19/h9-10,15-16H,2-8H2,1H3,(H,17,18,19). The Labute approximate surface area is 120 Å². The molecule has 0 aliphatic rings. The molecule has 0 saturated heterocycles. The molecule has 6 heteroatoms. The average Bonchev–Trinajstić information content (AvgIpc) is 2.35. The summed E-state index contributed by atoms with van der Waals surface area (Å²) in [5, 5.41) is 19.3. The normalized spacial score (nSPS) is 11.7. The first-order valence-electron chi connectivity index (χ1n) is 6.88. The number of hydrogen-bond donors (Lipinski definition) is 3. The molecule has 0 heterocycles. The molecule has 0 amide bonds. The van der Waals surface area contributed by atoms with E-state index in [4.69, 9.17) is 4.55 Å². The number of hydrogen-bond acceptors (Lipinski definition) is 4. The van der Waals surface area contributed by atoms with E-state index >= 15 is 0 Å². The molecule has 0 unspecified atom stereocenters. The van der Waals surface area contributed by atoms with Crippen LogP contribution in [0, 0.1) is 0 Å². The first-order valence-corrected chi connectivity index (χ1v) is 8.32. The van der Waals surface area contributed by atoms with Crippen molar-refractivity contribution in [2.24, 2.45) is 0 Å². The quantitative estimate of drug-likeness (QED) is 0.389. The van der Waals surface area contributed by atoms with Crippen molar-refractivity contribution in [1.82, 2.24) is 0 Å². The summed E-state index contributed by atoms with van der Waals surface area (Å²) < 4.78 is 30.8. The predicted octanol–water partition coefficient (Wildman–Crippen LogP) is 3.25. The van der Waals surface area contributed by atoms with Crippen LogP contribution >= 0.6 is 0 Å². The molecule has 0 aromatic heterocycles. The molecular weight excluding hydrogens is 280 g/mol. The van der Waals surface area contributed by atoms with Gasteiger partial charge in [0.15, 0.2) is 0 Å². The lowest BCUT2D eigenvalue weighted by Gasteiger charge is -2.08. The van der Waals surface area contributed by atoms with Crippen LogP contribution in [0.3, 0.4) is 0 Å². The largest absolute Gasteiger partial charge is 0.508 e. The maximum absolute atomic E-state index is 11.0. The van der Waals surface area contributed by atoms with Crippen LogP contribution in [0.2, 0.25) is 0 Å². The Morgan fingerprint density at radius 2 is 1.55 bits per heavy atom. The second-order valence-electron chi connectivity index (χ2n) is 4.94. The van der Waals surface area contributed by atoms with Crippen molar-refractivity contribution in [3.63, 3.8) is 0 Å². The fraction of sp³-hybridized carbons (Fsp3) is 0.571. The second kappa shape index (κ2) is 7.50. The molecule has 3 N–H and O–H groups in total. The molecule has 0 radical (unpaired) electrons. The van der Waals surface area contributed by atoms with Crippen molar-refractivity contribution in [2.45, 2.75) is 56.8 Å². The Hall–Kier alpha value is -1.27. The summed E-state index contributed by atoms with van der Waals surface area (Å²) >= 11 is 0. The number of phenols is 2. The lowest BCUT2D eigenvalue weighted by atomic mass is 10.0. The van der Waals surface area contributed by atoms with Gasteiger partial charge < -0.3 is 10.2 Å². The summed E-state index contributed by atoms with van der Waals surface area (Å²) in [6, 6.07) is 2.08. The topological polar surface area (TPSA) is 94.8 Å². The van der Waals surface area contributed by atoms with Gasteiger partial charge in [-0.3, -0.25) is 4.55 Å². The van der Waals surface area contributed by atoms with Crippen LogP contribution in [0.15, 0.2) is 17.0 Å². The minimum Gasteiger partial charge on any atom is -0.508 e. The van der Waals surface area contributed by atoms with Crippen LogP contribution < -0.4 is 0 Å². The van der Waals surface area contributed by atoms with E-state index in [9.17, 15) is 18.6 Å². The zero-order valence-corrected chi connectivity index (χ0v) is 12.5. The van der Waals surface area contributed by atoms with Gasteiger partial charge in [-0.1, -0.05) is 39.0 Å². The number of aryl methyl sites for hydroxylation is 1. The van der Waals surface area contributed by atoms with Crippen LogP contribution in [0.25, 0.3) is 0 Å². The molecule has 0 aliphatic carbocycles. The highest BCUT2D eigenvalue weighted by molar-refractivity contribution is 7.86. The van der Waals surface area contributed by atoms with Crippen molar-refractivity contribution in [3.8, 4) is 11.5 Å². The van der Waals surface area contributed by atoms with Crippen LogP contribution in [0.4, 0.5) is 0 Å². The molecule has 0 saturated carbocycles. The van der Waals surface area contributed by atoms with Gasteiger partial charge in [-0.15, -0.1) is 0 Å². The van der Waals surface area contributed by atoms with Gasteiger partial charge in [-0.25, -0.2) is 0 Å². The third kappa shape index (κ3) is 5.02. The molecule has 1 rings (SSSR count). The minimum absolute atomic E-state index is 0.219. The van der Waals surface area contributed by atoms with E-state index in [1.807, 2.05) is 0 Å². The van der Waals surface area contributed by atoms with Gasteiger partial charge in [0.2, 0.25) is 0 Å². The van der Waals surface area contributed by atoms with E-state index in [2.05, 4.69) is 6.92 Å². The highest BCUT2D eigenvalue weighted by atomic mass is 32.2. The second-order valence-corrected chi connectivity index (χ2v) is 6.33. The Bertz CT molecular complexity index is 537. The van der Waals surface area contributed by atoms with Gasteiger partial charge >= 0.3 is 0 Å². The van der Waals surface area contributed by atoms with Crippen molar-refractivity contribution in [1.29, 1.82) is 0 Å². The molecule has 1 aromatic rings. The Kier molecular flexibility index (Phi) is 6.29. The van der Waals surface area contributed by atoms with E-state index in [0.717, 1.165) is 25.3 Å². The summed E-state index contributed by atoms with van der Waals surface area (Å²) in [6.45, 7) is 2.15. The van der Waals surface area contributed by atoms with Crippen LogP contribution in [0.1, 0.15) is 51.0 Å².